The minimum Gasteiger partial charge on any atom is -0.497 e. The first-order valence-electron chi connectivity index (χ1n) is 6.64. The summed E-state index contributed by atoms with van der Waals surface area (Å²) in [5, 5.41) is 3.62. The van der Waals surface area contributed by atoms with E-state index in [1.165, 1.54) is 5.56 Å². The molecule has 0 aliphatic carbocycles. The average Bonchev–Trinajstić information content (AvgIpc) is 2.39. The summed E-state index contributed by atoms with van der Waals surface area (Å²) in [6, 6.07) is 9.14. The number of benzene rings is 1. The van der Waals surface area contributed by atoms with E-state index < -0.39 is 0 Å². The molecule has 0 fully saturated rings. The predicted octanol–water partition coefficient (Wildman–Crippen LogP) is 2.69. The lowest BCUT2D eigenvalue weighted by molar-refractivity contribution is 0.247. The summed E-state index contributed by atoms with van der Waals surface area (Å²) in [5.74, 6) is 0.908. The quantitative estimate of drug-likeness (QED) is 0.805. The molecule has 0 amide bonds. The van der Waals surface area contributed by atoms with Crippen molar-refractivity contribution in [1.29, 1.82) is 0 Å². The Morgan fingerprint density at radius 3 is 2.28 bits per heavy atom. The molecule has 0 aromatic heterocycles. The lowest BCUT2D eigenvalue weighted by Gasteiger charge is -2.30. The molecule has 1 N–H and O–H groups in total. The number of methoxy groups -OCH3 is 1. The molecule has 1 aromatic rings. The maximum atomic E-state index is 5.21. The van der Waals surface area contributed by atoms with Gasteiger partial charge in [-0.1, -0.05) is 19.1 Å². The summed E-state index contributed by atoms with van der Waals surface area (Å²) < 4.78 is 5.21. The van der Waals surface area contributed by atoms with Crippen molar-refractivity contribution in [3.63, 3.8) is 0 Å². The summed E-state index contributed by atoms with van der Waals surface area (Å²) in [6.07, 6.45) is 1.15. The first kappa shape index (κ1) is 15.0. The zero-order valence-electron chi connectivity index (χ0n) is 12.2. The highest BCUT2D eigenvalue weighted by Gasteiger charge is 2.20. The van der Waals surface area contributed by atoms with Gasteiger partial charge >= 0.3 is 0 Å². The van der Waals surface area contributed by atoms with Crippen molar-refractivity contribution in [3.05, 3.63) is 29.8 Å². The second-order valence-electron chi connectivity index (χ2n) is 4.91. The van der Waals surface area contributed by atoms with Crippen molar-refractivity contribution in [2.45, 2.75) is 32.4 Å². The third kappa shape index (κ3) is 4.00. The van der Waals surface area contributed by atoms with Gasteiger partial charge in [-0.2, -0.15) is 0 Å². The number of nitrogens with one attached hydrogen (secondary N) is 1. The molecule has 18 heavy (non-hydrogen) atoms. The smallest absolute Gasteiger partial charge is 0.118 e. The van der Waals surface area contributed by atoms with Crippen LogP contribution in [0.5, 0.6) is 5.75 Å². The van der Waals surface area contributed by atoms with Crippen molar-refractivity contribution in [2.75, 3.05) is 27.7 Å². The summed E-state index contributed by atoms with van der Waals surface area (Å²) in [6.45, 7) is 5.48. The van der Waals surface area contributed by atoms with Gasteiger partial charge in [0.2, 0.25) is 0 Å². The Labute approximate surface area is 111 Å². The zero-order valence-corrected chi connectivity index (χ0v) is 12.2. The van der Waals surface area contributed by atoms with E-state index in [-0.39, 0.29) is 0 Å². The zero-order chi connectivity index (χ0) is 13.5. The molecule has 3 heteroatoms. The predicted molar refractivity (Wildman–Crippen MR) is 77.2 cm³/mol. The third-order valence-corrected chi connectivity index (χ3v) is 3.39. The molecule has 0 saturated carbocycles. The lowest BCUT2D eigenvalue weighted by atomic mass is 9.99. The second kappa shape index (κ2) is 7.39. The summed E-state index contributed by atoms with van der Waals surface area (Å²) in [7, 11) is 5.94. The standard InChI is InChI=1S/C15H26N2O/c1-6-11-16-15(12(2)17(3)4)13-7-9-14(18-5)10-8-13/h7-10,12,15-16H,6,11H2,1-5H3. The molecule has 0 radical (unpaired) electrons. The molecule has 0 bridgehead atoms. The van der Waals surface area contributed by atoms with Crippen molar-refractivity contribution in [1.82, 2.24) is 10.2 Å². The molecule has 1 aromatic carbocycles. The Morgan fingerprint density at radius 1 is 1.22 bits per heavy atom. The maximum Gasteiger partial charge on any atom is 0.118 e. The van der Waals surface area contributed by atoms with Gasteiger partial charge in [0.05, 0.1) is 7.11 Å². The Morgan fingerprint density at radius 2 is 1.83 bits per heavy atom. The van der Waals surface area contributed by atoms with Gasteiger partial charge in [-0.25, -0.2) is 0 Å². The fraction of sp³-hybridized carbons (Fsp3) is 0.600. The van der Waals surface area contributed by atoms with Crippen LogP contribution in [0.1, 0.15) is 31.9 Å². The molecule has 1 rings (SSSR count). The Kier molecular flexibility index (Phi) is 6.16. The van der Waals surface area contributed by atoms with E-state index in [2.05, 4.69) is 50.3 Å². The van der Waals surface area contributed by atoms with Crippen LogP contribution in [0.4, 0.5) is 0 Å². The van der Waals surface area contributed by atoms with Gasteiger partial charge in [0.1, 0.15) is 5.75 Å². The molecule has 2 atom stereocenters. The molecular weight excluding hydrogens is 224 g/mol. The Hall–Kier alpha value is -1.06. The van der Waals surface area contributed by atoms with E-state index in [1.807, 2.05) is 12.1 Å². The van der Waals surface area contributed by atoms with E-state index >= 15 is 0 Å². The third-order valence-electron chi connectivity index (χ3n) is 3.39. The number of nitrogens with zero attached hydrogens (tertiary/aromatic N) is 1. The number of ether oxygens (including phenoxy) is 1. The molecule has 102 valence electrons. The molecule has 0 aliphatic rings. The number of hydrogen-bond acceptors (Lipinski definition) is 3. The van der Waals surface area contributed by atoms with Crippen LogP contribution in [0.2, 0.25) is 0 Å². The van der Waals surface area contributed by atoms with E-state index in [1.54, 1.807) is 7.11 Å². The van der Waals surface area contributed by atoms with Crippen molar-refractivity contribution in [2.24, 2.45) is 0 Å². The van der Waals surface area contributed by atoms with E-state index in [0.717, 1.165) is 18.7 Å². The number of likely N-dealkylation sites (N-methyl/N-ethyl adjacent to an activating group) is 1. The van der Waals surface area contributed by atoms with E-state index in [9.17, 15) is 0 Å². The molecule has 0 aliphatic heterocycles. The maximum absolute atomic E-state index is 5.21. The topological polar surface area (TPSA) is 24.5 Å². The van der Waals surface area contributed by atoms with Crippen LogP contribution in [0.15, 0.2) is 24.3 Å². The van der Waals surface area contributed by atoms with Gasteiger partial charge in [0.15, 0.2) is 0 Å². The normalized spacial score (nSPS) is 14.6. The van der Waals surface area contributed by atoms with Crippen LogP contribution in [0.25, 0.3) is 0 Å². The van der Waals surface area contributed by atoms with Gasteiger partial charge in [0, 0.05) is 12.1 Å². The highest BCUT2D eigenvalue weighted by atomic mass is 16.5. The molecule has 0 saturated heterocycles. The number of hydrogen-bond donors (Lipinski definition) is 1. The van der Waals surface area contributed by atoms with Crippen LogP contribution in [0.3, 0.4) is 0 Å². The van der Waals surface area contributed by atoms with Crippen LogP contribution < -0.4 is 10.1 Å². The highest BCUT2D eigenvalue weighted by molar-refractivity contribution is 5.29. The van der Waals surface area contributed by atoms with Crippen molar-refractivity contribution in [3.8, 4) is 5.75 Å². The molecule has 3 nitrogen and oxygen atoms in total. The van der Waals surface area contributed by atoms with Gasteiger partial charge in [-0.15, -0.1) is 0 Å². The van der Waals surface area contributed by atoms with Crippen molar-refractivity contribution < 1.29 is 4.74 Å². The van der Waals surface area contributed by atoms with Gasteiger partial charge in [-0.3, -0.25) is 0 Å². The SMILES string of the molecule is CCCNC(c1ccc(OC)cc1)C(C)N(C)C. The van der Waals surface area contributed by atoms with E-state index in [0.29, 0.717) is 12.1 Å². The van der Waals surface area contributed by atoms with Crippen LogP contribution >= 0.6 is 0 Å². The second-order valence-corrected chi connectivity index (χ2v) is 4.91. The van der Waals surface area contributed by atoms with Crippen molar-refractivity contribution >= 4 is 0 Å². The van der Waals surface area contributed by atoms with E-state index in [4.69, 9.17) is 4.74 Å². The summed E-state index contributed by atoms with van der Waals surface area (Å²) in [4.78, 5) is 2.25. The fourth-order valence-corrected chi connectivity index (χ4v) is 1.98. The Balaban J connectivity index is 2.86. The monoisotopic (exact) mass is 250 g/mol. The molecule has 0 spiro atoms. The summed E-state index contributed by atoms with van der Waals surface area (Å²) in [5.41, 5.74) is 1.31. The molecule has 2 unspecified atom stereocenters. The minimum absolute atomic E-state index is 0.353. The first-order chi connectivity index (χ1) is 8.60. The Bertz CT molecular complexity index is 335. The first-order valence-corrected chi connectivity index (χ1v) is 6.64. The molecule has 0 heterocycles. The lowest BCUT2D eigenvalue weighted by Crippen LogP contribution is -2.39. The van der Waals surface area contributed by atoms with Gasteiger partial charge in [0.25, 0.3) is 0 Å². The van der Waals surface area contributed by atoms with Crippen LogP contribution in [0, 0.1) is 0 Å². The van der Waals surface area contributed by atoms with Gasteiger partial charge in [-0.05, 0) is 51.7 Å². The fourth-order valence-electron chi connectivity index (χ4n) is 1.98. The number of rotatable bonds is 7. The van der Waals surface area contributed by atoms with Gasteiger partial charge < -0.3 is 15.0 Å². The van der Waals surface area contributed by atoms with Crippen LogP contribution in [-0.4, -0.2) is 38.7 Å². The van der Waals surface area contributed by atoms with Crippen LogP contribution in [-0.2, 0) is 0 Å². The average molecular weight is 250 g/mol. The highest BCUT2D eigenvalue weighted by Crippen LogP contribution is 2.22. The molecular formula is C15H26N2O. The summed E-state index contributed by atoms with van der Waals surface area (Å²) >= 11 is 0. The largest absolute Gasteiger partial charge is 0.497 e. The minimum atomic E-state index is 0.353.